The molecule has 0 unspecified atom stereocenters. The standard InChI is InChI=1S/C12H5BrClF3O3/c13-7-4-8(14)5(3-6(7)12(15,16)17)9-1-2-10(20-9)11(18)19/h1-4H,(H,18,19). The zero-order chi connectivity index (χ0) is 15.1. The van der Waals surface area contributed by atoms with Gasteiger partial charge in [0.25, 0.3) is 0 Å². The van der Waals surface area contributed by atoms with Gasteiger partial charge in [-0.1, -0.05) is 27.5 Å². The Morgan fingerprint density at radius 3 is 2.45 bits per heavy atom. The van der Waals surface area contributed by atoms with E-state index in [1.807, 2.05) is 0 Å². The van der Waals surface area contributed by atoms with Crippen LogP contribution in [-0.2, 0) is 6.18 Å². The van der Waals surface area contributed by atoms with Crippen molar-refractivity contribution in [1.82, 2.24) is 0 Å². The molecular weight excluding hydrogens is 364 g/mol. The lowest BCUT2D eigenvalue weighted by atomic mass is 10.1. The lowest BCUT2D eigenvalue weighted by Gasteiger charge is -2.11. The van der Waals surface area contributed by atoms with Crippen LogP contribution in [0.5, 0.6) is 0 Å². The third kappa shape index (κ3) is 2.83. The Labute approximate surface area is 124 Å². The fourth-order valence-electron chi connectivity index (χ4n) is 1.55. The summed E-state index contributed by atoms with van der Waals surface area (Å²) in [6, 6.07) is 4.28. The normalized spacial score (nSPS) is 11.7. The van der Waals surface area contributed by atoms with Crippen LogP contribution < -0.4 is 0 Å². The number of hydrogen-bond donors (Lipinski definition) is 1. The van der Waals surface area contributed by atoms with Gasteiger partial charge in [0.15, 0.2) is 0 Å². The van der Waals surface area contributed by atoms with Crippen molar-refractivity contribution in [3.63, 3.8) is 0 Å². The van der Waals surface area contributed by atoms with Crippen molar-refractivity contribution in [2.45, 2.75) is 6.18 Å². The van der Waals surface area contributed by atoms with E-state index in [4.69, 9.17) is 21.1 Å². The van der Waals surface area contributed by atoms with E-state index in [2.05, 4.69) is 15.9 Å². The summed E-state index contributed by atoms with van der Waals surface area (Å²) in [4.78, 5) is 10.7. The zero-order valence-corrected chi connectivity index (χ0v) is 11.8. The summed E-state index contributed by atoms with van der Waals surface area (Å²) >= 11 is 8.66. The maximum Gasteiger partial charge on any atom is 0.417 e. The Bertz CT molecular complexity index is 679. The van der Waals surface area contributed by atoms with Crippen LogP contribution in [0.4, 0.5) is 13.2 Å². The molecule has 0 saturated heterocycles. The first-order valence-electron chi connectivity index (χ1n) is 5.10. The van der Waals surface area contributed by atoms with Crippen molar-refractivity contribution in [2.24, 2.45) is 0 Å². The third-order valence-corrected chi connectivity index (χ3v) is 3.41. The largest absolute Gasteiger partial charge is 0.475 e. The van der Waals surface area contributed by atoms with Gasteiger partial charge >= 0.3 is 12.1 Å². The number of furan rings is 1. The third-order valence-electron chi connectivity index (χ3n) is 2.44. The first kappa shape index (κ1) is 14.9. The molecule has 1 aromatic heterocycles. The molecule has 0 fully saturated rings. The highest BCUT2D eigenvalue weighted by atomic mass is 79.9. The van der Waals surface area contributed by atoms with Crippen LogP contribution in [0.3, 0.4) is 0 Å². The predicted molar refractivity (Wildman–Crippen MR) is 68.8 cm³/mol. The smallest absolute Gasteiger partial charge is 0.417 e. The number of aromatic carboxylic acids is 1. The minimum Gasteiger partial charge on any atom is -0.475 e. The summed E-state index contributed by atoms with van der Waals surface area (Å²) < 4.78 is 43.2. The molecule has 0 atom stereocenters. The van der Waals surface area contributed by atoms with E-state index in [1.165, 1.54) is 6.07 Å². The van der Waals surface area contributed by atoms with Crippen LogP contribution in [0, 0.1) is 0 Å². The van der Waals surface area contributed by atoms with Crippen LogP contribution in [0.1, 0.15) is 16.1 Å². The summed E-state index contributed by atoms with van der Waals surface area (Å²) in [5.41, 5.74) is -0.958. The second-order valence-electron chi connectivity index (χ2n) is 3.78. The molecule has 0 spiro atoms. The van der Waals surface area contributed by atoms with Gasteiger partial charge in [0.05, 0.1) is 10.6 Å². The van der Waals surface area contributed by atoms with Crippen molar-refractivity contribution in [3.8, 4) is 11.3 Å². The number of carboxylic acids is 1. The summed E-state index contributed by atoms with van der Waals surface area (Å²) in [5, 5.41) is 8.74. The summed E-state index contributed by atoms with van der Waals surface area (Å²) in [5.74, 6) is -1.75. The highest BCUT2D eigenvalue weighted by Crippen LogP contribution is 2.41. The Balaban J connectivity index is 2.58. The molecule has 106 valence electrons. The minimum absolute atomic E-state index is 0.0103. The number of hydrogen-bond acceptors (Lipinski definition) is 2. The van der Waals surface area contributed by atoms with Crippen LogP contribution in [0.15, 0.2) is 33.2 Å². The van der Waals surface area contributed by atoms with E-state index in [1.54, 1.807) is 0 Å². The van der Waals surface area contributed by atoms with Gasteiger partial charge in [-0.2, -0.15) is 13.2 Å². The molecule has 1 aromatic carbocycles. The Hall–Kier alpha value is -1.47. The fraction of sp³-hybridized carbons (Fsp3) is 0.0833. The van der Waals surface area contributed by atoms with Gasteiger partial charge in [0.1, 0.15) is 5.76 Å². The topological polar surface area (TPSA) is 50.4 Å². The number of carbonyl (C=O) groups is 1. The molecule has 20 heavy (non-hydrogen) atoms. The average molecular weight is 370 g/mol. The summed E-state index contributed by atoms with van der Waals surface area (Å²) in [6.07, 6.45) is -4.57. The van der Waals surface area contributed by atoms with E-state index >= 15 is 0 Å². The molecule has 0 saturated carbocycles. The second kappa shape index (κ2) is 5.14. The van der Waals surface area contributed by atoms with Crippen molar-refractivity contribution >= 4 is 33.5 Å². The van der Waals surface area contributed by atoms with E-state index in [0.29, 0.717) is 0 Å². The van der Waals surface area contributed by atoms with Gasteiger partial charge in [-0.3, -0.25) is 0 Å². The van der Waals surface area contributed by atoms with Crippen LogP contribution in [0.25, 0.3) is 11.3 Å². The van der Waals surface area contributed by atoms with Crippen molar-refractivity contribution in [3.05, 3.63) is 45.1 Å². The van der Waals surface area contributed by atoms with Gasteiger partial charge in [-0.25, -0.2) is 4.79 Å². The van der Waals surface area contributed by atoms with Crippen LogP contribution in [0.2, 0.25) is 5.02 Å². The number of benzene rings is 1. The number of carboxylic acid groups (broad SMARTS) is 1. The highest BCUT2D eigenvalue weighted by Gasteiger charge is 2.34. The van der Waals surface area contributed by atoms with E-state index in [0.717, 1.165) is 18.2 Å². The van der Waals surface area contributed by atoms with Crippen molar-refractivity contribution < 1.29 is 27.5 Å². The van der Waals surface area contributed by atoms with Gasteiger partial charge in [0.2, 0.25) is 5.76 Å². The fourth-order valence-corrected chi connectivity index (χ4v) is 2.51. The molecule has 1 N–H and O–H groups in total. The molecule has 1 heterocycles. The SMILES string of the molecule is O=C(O)c1ccc(-c2cc(C(F)(F)F)c(Br)cc2Cl)o1. The first-order valence-corrected chi connectivity index (χ1v) is 6.27. The molecule has 0 aliphatic rings. The molecule has 2 aromatic rings. The predicted octanol–water partition coefficient (Wildman–Crippen LogP) is 5.08. The molecule has 3 nitrogen and oxygen atoms in total. The lowest BCUT2D eigenvalue weighted by Crippen LogP contribution is -2.06. The second-order valence-corrected chi connectivity index (χ2v) is 5.04. The zero-order valence-electron chi connectivity index (χ0n) is 9.46. The molecule has 0 bridgehead atoms. The monoisotopic (exact) mass is 368 g/mol. The number of halogens is 5. The highest BCUT2D eigenvalue weighted by molar-refractivity contribution is 9.10. The molecule has 2 rings (SSSR count). The van der Waals surface area contributed by atoms with E-state index < -0.39 is 17.7 Å². The average Bonchev–Trinajstić information content (AvgIpc) is 2.76. The Morgan fingerprint density at radius 1 is 1.30 bits per heavy atom. The Kier molecular flexibility index (Phi) is 3.84. The van der Waals surface area contributed by atoms with Crippen LogP contribution in [-0.4, -0.2) is 11.1 Å². The van der Waals surface area contributed by atoms with Gasteiger partial charge in [0, 0.05) is 10.0 Å². The quantitative estimate of drug-likeness (QED) is 0.803. The first-order chi connectivity index (χ1) is 9.20. The van der Waals surface area contributed by atoms with Crippen molar-refractivity contribution in [2.75, 3.05) is 0 Å². The molecule has 0 aliphatic carbocycles. The number of alkyl halides is 3. The summed E-state index contributed by atoms with van der Waals surface area (Å²) in [6.45, 7) is 0. The maximum absolute atomic E-state index is 12.8. The van der Waals surface area contributed by atoms with Crippen LogP contribution >= 0.6 is 27.5 Å². The van der Waals surface area contributed by atoms with Crippen molar-refractivity contribution in [1.29, 1.82) is 0 Å². The maximum atomic E-state index is 12.8. The van der Waals surface area contributed by atoms with E-state index in [-0.39, 0.29) is 26.6 Å². The lowest BCUT2D eigenvalue weighted by molar-refractivity contribution is -0.138. The van der Waals surface area contributed by atoms with Gasteiger partial charge < -0.3 is 9.52 Å². The number of rotatable bonds is 2. The summed E-state index contributed by atoms with van der Waals surface area (Å²) in [7, 11) is 0. The van der Waals surface area contributed by atoms with Gasteiger partial charge in [-0.15, -0.1) is 0 Å². The Morgan fingerprint density at radius 2 is 1.95 bits per heavy atom. The molecule has 0 aliphatic heterocycles. The molecule has 8 heteroatoms. The van der Waals surface area contributed by atoms with Gasteiger partial charge in [-0.05, 0) is 24.3 Å². The molecular formula is C12H5BrClF3O3. The molecule has 0 radical (unpaired) electrons. The van der Waals surface area contributed by atoms with E-state index in [9.17, 15) is 18.0 Å². The molecule has 0 amide bonds. The minimum atomic E-state index is -4.57.